The van der Waals surface area contributed by atoms with Crippen molar-refractivity contribution < 1.29 is 18.0 Å². The number of rotatable bonds is 9. The SMILES string of the molecule is CCC(C(=O)NC)N(Cc1ccccc1Cl)C(=O)CN(C)S(=O)(=O)c1ccc(Cl)cc1. The summed E-state index contributed by atoms with van der Waals surface area (Å²) in [5.41, 5.74) is 0.656. The van der Waals surface area contributed by atoms with Crippen LogP contribution in [0.2, 0.25) is 10.0 Å². The Labute approximate surface area is 193 Å². The molecular formula is C21H25Cl2N3O4S. The van der Waals surface area contributed by atoms with Crippen LogP contribution in [0.15, 0.2) is 53.4 Å². The predicted molar refractivity (Wildman–Crippen MR) is 121 cm³/mol. The first-order valence-corrected chi connectivity index (χ1v) is 11.8. The van der Waals surface area contributed by atoms with Gasteiger partial charge in [0.05, 0.1) is 11.4 Å². The molecule has 2 aromatic carbocycles. The molecule has 0 aliphatic carbocycles. The molecule has 10 heteroatoms. The maximum atomic E-state index is 13.2. The highest BCUT2D eigenvalue weighted by Crippen LogP contribution is 2.21. The number of halogens is 2. The van der Waals surface area contributed by atoms with Crippen LogP contribution in [0, 0.1) is 0 Å². The molecule has 0 saturated heterocycles. The van der Waals surface area contributed by atoms with E-state index in [4.69, 9.17) is 23.2 Å². The molecule has 0 heterocycles. The van der Waals surface area contributed by atoms with Crippen molar-refractivity contribution in [3.05, 3.63) is 64.1 Å². The number of nitrogens with one attached hydrogen (secondary N) is 1. The van der Waals surface area contributed by atoms with Crippen LogP contribution in [0.5, 0.6) is 0 Å². The number of carbonyl (C=O) groups excluding carboxylic acids is 2. The van der Waals surface area contributed by atoms with Gasteiger partial charge >= 0.3 is 0 Å². The van der Waals surface area contributed by atoms with Gasteiger partial charge in [-0.1, -0.05) is 48.3 Å². The summed E-state index contributed by atoms with van der Waals surface area (Å²) >= 11 is 12.1. The van der Waals surface area contributed by atoms with Gasteiger partial charge in [0.1, 0.15) is 6.04 Å². The normalized spacial score (nSPS) is 12.5. The number of sulfonamides is 1. The molecule has 1 atom stereocenters. The number of likely N-dealkylation sites (N-methyl/N-ethyl adjacent to an activating group) is 2. The van der Waals surface area contributed by atoms with Gasteiger partial charge in [0.25, 0.3) is 0 Å². The zero-order valence-electron chi connectivity index (χ0n) is 17.5. The molecule has 2 rings (SSSR count). The molecule has 0 saturated carbocycles. The fraction of sp³-hybridized carbons (Fsp3) is 0.333. The second kappa shape index (κ2) is 10.9. The zero-order chi connectivity index (χ0) is 23.2. The Morgan fingerprint density at radius 1 is 1.06 bits per heavy atom. The van der Waals surface area contributed by atoms with Crippen LogP contribution in [-0.4, -0.2) is 56.1 Å². The Hall–Kier alpha value is -2.13. The average Bonchev–Trinajstić information content (AvgIpc) is 2.74. The summed E-state index contributed by atoms with van der Waals surface area (Å²) in [6.45, 7) is 1.41. The first-order chi connectivity index (χ1) is 14.6. The zero-order valence-corrected chi connectivity index (χ0v) is 19.8. The number of nitrogens with zero attached hydrogens (tertiary/aromatic N) is 2. The minimum absolute atomic E-state index is 0.0168. The molecular weight excluding hydrogens is 461 g/mol. The van der Waals surface area contributed by atoms with E-state index < -0.39 is 28.5 Å². The molecule has 168 valence electrons. The van der Waals surface area contributed by atoms with E-state index in [0.717, 1.165) is 4.31 Å². The molecule has 0 fully saturated rings. The van der Waals surface area contributed by atoms with E-state index in [9.17, 15) is 18.0 Å². The Morgan fingerprint density at radius 3 is 2.23 bits per heavy atom. The largest absolute Gasteiger partial charge is 0.357 e. The lowest BCUT2D eigenvalue weighted by Crippen LogP contribution is -2.51. The van der Waals surface area contributed by atoms with Crippen LogP contribution < -0.4 is 5.32 Å². The highest BCUT2D eigenvalue weighted by Gasteiger charge is 2.31. The van der Waals surface area contributed by atoms with Gasteiger partial charge in [0, 0.05) is 30.7 Å². The third kappa shape index (κ3) is 6.20. The quantitative estimate of drug-likeness (QED) is 0.590. The maximum Gasteiger partial charge on any atom is 0.243 e. The van der Waals surface area contributed by atoms with E-state index >= 15 is 0 Å². The smallest absolute Gasteiger partial charge is 0.243 e. The Kier molecular flexibility index (Phi) is 8.88. The van der Waals surface area contributed by atoms with E-state index in [1.165, 1.54) is 43.3 Å². The second-order valence-corrected chi connectivity index (χ2v) is 9.75. The number of hydrogen-bond acceptors (Lipinski definition) is 4. The molecule has 0 aliphatic heterocycles. The van der Waals surface area contributed by atoms with Gasteiger partial charge in [-0.2, -0.15) is 4.31 Å². The van der Waals surface area contributed by atoms with Crippen molar-refractivity contribution in [1.82, 2.24) is 14.5 Å². The van der Waals surface area contributed by atoms with Crippen LogP contribution in [0.3, 0.4) is 0 Å². The minimum atomic E-state index is -3.92. The molecule has 1 N–H and O–H groups in total. The van der Waals surface area contributed by atoms with E-state index in [1.54, 1.807) is 31.2 Å². The van der Waals surface area contributed by atoms with Gasteiger partial charge in [0.2, 0.25) is 21.8 Å². The van der Waals surface area contributed by atoms with Crippen molar-refractivity contribution in [3.8, 4) is 0 Å². The van der Waals surface area contributed by atoms with Crippen molar-refractivity contribution in [2.75, 3.05) is 20.6 Å². The highest BCUT2D eigenvalue weighted by atomic mass is 35.5. The van der Waals surface area contributed by atoms with Crippen molar-refractivity contribution in [2.45, 2.75) is 30.8 Å². The van der Waals surface area contributed by atoms with Crippen LogP contribution in [0.1, 0.15) is 18.9 Å². The van der Waals surface area contributed by atoms with Crippen molar-refractivity contribution in [3.63, 3.8) is 0 Å². The third-order valence-corrected chi connectivity index (χ3v) is 7.25. The number of hydrogen-bond donors (Lipinski definition) is 1. The molecule has 0 radical (unpaired) electrons. The monoisotopic (exact) mass is 485 g/mol. The van der Waals surface area contributed by atoms with Gasteiger partial charge in [0.15, 0.2) is 0 Å². The van der Waals surface area contributed by atoms with E-state index in [0.29, 0.717) is 22.0 Å². The van der Waals surface area contributed by atoms with E-state index in [-0.39, 0.29) is 17.3 Å². The van der Waals surface area contributed by atoms with Gasteiger partial charge < -0.3 is 10.2 Å². The predicted octanol–water partition coefficient (Wildman–Crippen LogP) is 3.17. The lowest BCUT2D eigenvalue weighted by atomic mass is 10.1. The standard InChI is InChI=1S/C21H25Cl2N3O4S/c1-4-19(21(28)24-2)26(13-15-7-5-6-8-18(15)23)20(27)14-25(3)31(29,30)17-11-9-16(22)10-12-17/h5-12,19H,4,13-14H2,1-3H3,(H,24,28). The molecule has 0 aliphatic rings. The third-order valence-electron chi connectivity index (χ3n) is 4.81. The van der Waals surface area contributed by atoms with Crippen LogP contribution >= 0.6 is 23.2 Å². The first kappa shape index (κ1) is 25.1. The first-order valence-electron chi connectivity index (χ1n) is 9.58. The Morgan fingerprint density at radius 2 is 1.68 bits per heavy atom. The molecule has 2 aromatic rings. The summed E-state index contributed by atoms with van der Waals surface area (Å²) in [6.07, 6.45) is 0.351. The van der Waals surface area contributed by atoms with E-state index in [1.807, 2.05) is 0 Å². The fourth-order valence-corrected chi connectivity index (χ4v) is 4.49. The number of benzene rings is 2. The Balaban J connectivity index is 2.32. The van der Waals surface area contributed by atoms with Crippen molar-refractivity contribution in [1.29, 1.82) is 0 Å². The molecule has 2 amide bonds. The lowest BCUT2D eigenvalue weighted by molar-refractivity contribution is -0.141. The maximum absolute atomic E-state index is 13.2. The van der Waals surface area contributed by atoms with Crippen LogP contribution in [-0.2, 0) is 26.2 Å². The van der Waals surface area contributed by atoms with Crippen molar-refractivity contribution in [2.24, 2.45) is 0 Å². The van der Waals surface area contributed by atoms with Crippen LogP contribution in [0.4, 0.5) is 0 Å². The summed E-state index contributed by atoms with van der Waals surface area (Å²) < 4.78 is 26.7. The van der Waals surface area contributed by atoms with Crippen LogP contribution in [0.25, 0.3) is 0 Å². The number of amides is 2. The van der Waals surface area contributed by atoms with Gasteiger partial charge in [-0.05, 0) is 42.3 Å². The van der Waals surface area contributed by atoms with E-state index in [2.05, 4.69) is 5.32 Å². The summed E-state index contributed by atoms with van der Waals surface area (Å²) in [4.78, 5) is 27.0. The average molecular weight is 486 g/mol. The second-order valence-electron chi connectivity index (χ2n) is 6.87. The van der Waals surface area contributed by atoms with Crippen molar-refractivity contribution >= 4 is 45.0 Å². The summed E-state index contributed by atoms with van der Waals surface area (Å²) in [7, 11) is -1.12. The van der Waals surface area contributed by atoms with Gasteiger partial charge in [-0.15, -0.1) is 0 Å². The van der Waals surface area contributed by atoms with Gasteiger partial charge in [-0.3, -0.25) is 9.59 Å². The molecule has 1 unspecified atom stereocenters. The van der Waals surface area contributed by atoms with Gasteiger partial charge in [-0.25, -0.2) is 8.42 Å². The summed E-state index contributed by atoms with van der Waals surface area (Å²) in [5, 5.41) is 3.41. The fourth-order valence-electron chi connectivity index (χ4n) is 3.05. The summed E-state index contributed by atoms with van der Waals surface area (Å²) in [6, 6.07) is 11.9. The minimum Gasteiger partial charge on any atom is -0.357 e. The molecule has 31 heavy (non-hydrogen) atoms. The molecule has 0 bridgehead atoms. The number of carbonyl (C=O) groups is 2. The summed E-state index contributed by atoms with van der Waals surface area (Å²) in [5.74, 6) is -0.860. The molecule has 0 spiro atoms. The highest BCUT2D eigenvalue weighted by molar-refractivity contribution is 7.89. The molecule has 7 nitrogen and oxygen atoms in total. The molecule has 0 aromatic heterocycles. The topological polar surface area (TPSA) is 86.8 Å². The lowest BCUT2D eigenvalue weighted by Gasteiger charge is -2.31. The Bertz CT molecular complexity index is 1030.